The minimum Gasteiger partial charge on any atom is -0.357 e. The van der Waals surface area contributed by atoms with E-state index in [9.17, 15) is 17.6 Å². The zero-order chi connectivity index (χ0) is 19.3. The lowest BCUT2D eigenvalue weighted by Crippen LogP contribution is -2.27. The molecule has 1 amide bonds. The van der Waals surface area contributed by atoms with Crippen LogP contribution in [0.3, 0.4) is 0 Å². The van der Waals surface area contributed by atoms with Crippen LogP contribution in [0, 0.1) is 5.82 Å². The van der Waals surface area contributed by atoms with Crippen molar-refractivity contribution in [2.24, 2.45) is 0 Å². The Bertz CT molecular complexity index is 880. The first-order chi connectivity index (χ1) is 12.9. The topological polar surface area (TPSA) is 91.4 Å². The van der Waals surface area contributed by atoms with E-state index < -0.39 is 15.8 Å². The summed E-state index contributed by atoms with van der Waals surface area (Å²) in [4.78, 5) is 18.5. The highest BCUT2D eigenvalue weighted by Crippen LogP contribution is 2.19. The van der Waals surface area contributed by atoms with Gasteiger partial charge in [-0.25, -0.2) is 22.5 Å². The first-order valence-corrected chi connectivity index (χ1v) is 10.2. The number of benzene rings is 1. The van der Waals surface area contributed by atoms with Crippen molar-refractivity contribution in [3.05, 3.63) is 48.4 Å². The van der Waals surface area contributed by atoms with Crippen molar-refractivity contribution in [3.63, 3.8) is 0 Å². The lowest BCUT2D eigenvalue weighted by atomic mass is 10.3. The van der Waals surface area contributed by atoms with Crippen LogP contribution in [-0.2, 0) is 14.8 Å². The third-order valence-electron chi connectivity index (χ3n) is 4.23. The number of anilines is 2. The third kappa shape index (κ3) is 5.24. The van der Waals surface area contributed by atoms with Crippen LogP contribution in [0.4, 0.5) is 15.9 Å². The van der Waals surface area contributed by atoms with Gasteiger partial charge < -0.3 is 10.2 Å². The number of carbonyl (C=O) groups is 1. The quantitative estimate of drug-likeness (QED) is 0.753. The van der Waals surface area contributed by atoms with Gasteiger partial charge in [0.25, 0.3) is 0 Å². The number of hydrogen-bond acceptors (Lipinski definition) is 5. The monoisotopic (exact) mass is 392 g/mol. The van der Waals surface area contributed by atoms with Gasteiger partial charge in [-0.05, 0) is 49.2 Å². The van der Waals surface area contributed by atoms with E-state index >= 15 is 0 Å². The fourth-order valence-electron chi connectivity index (χ4n) is 2.81. The molecule has 0 unspecified atom stereocenters. The number of sulfonamides is 1. The van der Waals surface area contributed by atoms with Gasteiger partial charge >= 0.3 is 0 Å². The number of rotatable bonds is 7. The van der Waals surface area contributed by atoms with Crippen molar-refractivity contribution in [1.82, 2.24) is 9.71 Å². The fraction of sp³-hybridized carbons (Fsp3) is 0.333. The van der Waals surface area contributed by atoms with Gasteiger partial charge in [-0.1, -0.05) is 0 Å². The van der Waals surface area contributed by atoms with Crippen molar-refractivity contribution in [3.8, 4) is 0 Å². The Hall–Kier alpha value is -2.52. The van der Waals surface area contributed by atoms with Crippen molar-refractivity contribution in [2.45, 2.75) is 24.2 Å². The molecule has 0 bridgehead atoms. The number of aromatic nitrogens is 1. The standard InChI is InChI=1S/C18H21FN4O3S/c19-14-3-6-16(7-4-14)27(25,26)21-10-9-18(24)22-15-5-8-17(20-13-15)23-11-1-2-12-23/h3-8,13,21H,1-2,9-12H2,(H,22,24). The van der Waals surface area contributed by atoms with E-state index in [1.165, 1.54) is 12.1 Å². The molecular weight excluding hydrogens is 371 g/mol. The molecule has 0 atom stereocenters. The molecule has 2 N–H and O–H groups in total. The Morgan fingerprint density at radius 3 is 2.44 bits per heavy atom. The maximum atomic E-state index is 12.9. The smallest absolute Gasteiger partial charge is 0.240 e. The molecule has 1 fully saturated rings. The Labute approximate surface area is 157 Å². The highest BCUT2D eigenvalue weighted by Gasteiger charge is 2.15. The van der Waals surface area contributed by atoms with Gasteiger partial charge in [0.05, 0.1) is 16.8 Å². The summed E-state index contributed by atoms with van der Waals surface area (Å²) in [5.74, 6) is 0.0442. The Morgan fingerprint density at radius 2 is 1.81 bits per heavy atom. The molecule has 1 aromatic carbocycles. The number of carbonyl (C=O) groups excluding carboxylic acids is 1. The zero-order valence-electron chi connectivity index (χ0n) is 14.7. The van der Waals surface area contributed by atoms with E-state index in [1.807, 2.05) is 6.07 Å². The highest BCUT2D eigenvalue weighted by molar-refractivity contribution is 7.89. The maximum absolute atomic E-state index is 12.9. The van der Waals surface area contributed by atoms with Crippen molar-refractivity contribution in [1.29, 1.82) is 0 Å². The van der Waals surface area contributed by atoms with E-state index in [1.54, 1.807) is 12.3 Å². The molecule has 2 heterocycles. The molecule has 27 heavy (non-hydrogen) atoms. The third-order valence-corrected chi connectivity index (χ3v) is 5.71. The van der Waals surface area contributed by atoms with Crippen LogP contribution in [0.25, 0.3) is 0 Å². The second-order valence-electron chi connectivity index (χ2n) is 6.25. The van der Waals surface area contributed by atoms with Gasteiger partial charge in [0, 0.05) is 26.1 Å². The van der Waals surface area contributed by atoms with Gasteiger partial charge in [0.15, 0.2) is 0 Å². The van der Waals surface area contributed by atoms with Gasteiger partial charge in [-0.2, -0.15) is 0 Å². The number of amides is 1. The molecule has 0 saturated carbocycles. The van der Waals surface area contributed by atoms with Gasteiger partial charge in [-0.15, -0.1) is 0 Å². The van der Waals surface area contributed by atoms with Crippen LogP contribution < -0.4 is 14.9 Å². The van der Waals surface area contributed by atoms with Crippen molar-refractivity contribution >= 4 is 27.4 Å². The average molecular weight is 392 g/mol. The average Bonchev–Trinajstić information content (AvgIpc) is 3.17. The van der Waals surface area contributed by atoms with Gasteiger partial charge in [0.1, 0.15) is 11.6 Å². The minimum absolute atomic E-state index is 0.0334. The summed E-state index contributed by atoms with van der Waals surface area (Å²) >= 11 is 0. The normalized spacial score (nSPS) is 14.3. The second-order valence-corrected chi connectivity index (χ2v) is 8.02. The van der Waals surface area contributed by atoms with Crippen LogP contribution in [-0.4, -0.2) is 38.9 Å². The molecule has 9 heteroatoms. The molecule has 7 nitrogen and oxygen atoms in total. The van der Waals surface area contributed by atoms with Gasteiger partial charge in [0.2, 0.25) is 15.9 Å². The lowest BCUT2D eigenvalue weighted by molar-refractivity contribution is -0.116. The van der Waals surface area contributed by atoms with E-state index in [-0.39, 0.29) is 23.8 Å². The summed E-state index contributed by atoms with van der Waals surface area (Å²) in [5.41, 5.74) is 0.560. The molecular formula is C18H21FN4O3S. The van der Waals surface area contributed by atoms with Crippen molar-refractivity contribution < 1.29 is 17.6 Å². The van der Waals surface area contributed by atoms with Crippen LogP contribution in [0.2, 0.25) is 0 Å². The number of nitrogens with one attached hydrogen (secondary N) is 2. The lowest BCUT2D eigenvalue weighted by Gasteiger charge is -2.16. The molecule has 1 aliphatic rings. The Morgan fingerprint density at radius 1 is 1.11 bits per heavy atom. The summed E-state index contributed by atoms with van der Waals surface area (Å²) in [7, 11) is -3.78. The summed E-state index contributed by atoms with van der Waals surface area (Å²) in [6, 6.07) is 8.12. The maximum Gasteiger partial charge on any atom is 0.240 e. The molecule has 0 aliphatic carbocycles. The fourth-order valence-corrected chi connectivity index (χ4v) is 3.84. The minimum atomic E-state index is -3.78. The number of halogens is 1. The first-order valence-electron chi connectivity index (χ1n) is 8.70. The van der Waals surface area contributed by atoms with E-state index in [2.05, 4.69) is 19.9 Å². The largest absolute Gasteiger partial charge is 0.357 e. The molecule has 0 spiro atoms. The Balaban J connectivity index is 1.47. The summed E-state index contributed by atoms with van der Waals surface area (Å²) < 4.78 is 39.3. The summed E-state index contributed by atoms with van der Waals surface area (Å²) in [6.07, 6.45) is 3.88. The molecule has 3 rings (SSSR count). The SMILES string of the molecule is O=C(CCNS(=O)(=O)c1ccc(F)cc1)Nc1ccc(N2CCCC2)nc1. The Kier molecular flexibility index (Phi) is 6.02. The number of hydrogen-bond donors (Lipinski definition) is 2. The first kappa shape index (κ1) is 19.2. The van der Waals surface area contributed by atoms with Crippen LogP contribution in [0.1, 0.15) is 19.3 Å². The van der Waals surface area contributed by atoms with E-state index in [0.717, 1.165) is 43.9 Å². The molecule has 0 radical (unpaired) electrons. The number of pyridine rings is 1. The summed E-state index contributed by atoms with van der Waals surface area (Å²) in [6.45, 7) is 1.92. The molecule has 2 aromatic rings. The molecule has 1 aromatic heterocycles. The van der Waals surface area contributed by atoms with Crippen LogP contribution in [0.5, 0.6) is 0 Å². The van der Waals surface area contributed by atoms with E-state index in [0.29, 0.717) is 5.69 Å². The highest BCUT2D eigenvalue weighted by atomic mass is 32.2. The second kappa shape index (κ2) is 8.45. The molecule has 1 aliphatic heterocycles. The van der Waals surface area contributed by atoms with Crippen molar-refractivity contribution in [2.75, 3.05) is 29.9 Å². The predicted octanol–water partition coefficient (Wildman–Crippen LogP) is 2.13. The number of nitrogens with zero attached hydrogens (tertiary/aromatic N) is 2. The predicted molar refractivity (Wildman–Crippen MR) is 101 cm³/mol. The van der Waals surface area contributed by atoms with Crippen LogP contribution >= 0.6 is 0 Å². The summed E-state index contributed by atoms with van der Waals surface area (Å²) in [5, 5.41) is 2.69. The zero-order valence-corrected chi connectivity index (χ0v) is 15.5. The van der Waals surface area contributed by atoms with Gasteiger partial charge in [-0.3, -0.25) is 4.79 Å². The molecule has 144 valence electrons. The van der Waals surface area contributed by atoms with Crippen LogP contribution in [0.15, 0.2) is 47.5 Å². The molecule has 1 saturated heterocycles. The van der Waals surface area contributed by atoms with E-state index in [4.69, 9.17) is 0 Å².